The molecule has 100 valence electrons. The monoisotopic (exact) mass is 267 g/mol. The van der Waals surface area contributed by atoms with Gasteiger partial charge in [0.2, 0.25) is 0 Å². The highest BCUT2D eigenvalue weighted by atomic mass is 19.4. The molecule has 1 atom stereocenters. The normalized spacial score (nSPS) is 13.0. The summed E-state index contributed by atoms with van der Waals surface area (Å²) >= 11 is 0. The van der Waals surface area contributed by atoms with Crippen LogP contribution in [0.5, 0.6) is 5.75 Å². The lowest BCUT2D eigenvalue weighted by molar-refractivity contribution is -0.275. The van der Waals surface area contributed by atoms with Crippen molar-refractivity contribution in [1.29, 1.82) is 0 Å². The third-order valence-electron chi connectivity index (χ3n) is 2.00. The Labute approximate surface area is 99.3 Å². The van der Waals surface area contributed by atoms with Crippen LogP contribution in [0.15, 0.2) is 18.2 Å². The van der Waals surface area contributed by atoms with E-state index in [9.17, 15) is 22.4 Å². The van der Waals surface area contributed by atoms with Crippen LogP contribution >= 0.6 is 0 Å². The molecule has 4 nitrogen and oxygen atoms in total. The molecule has 0 amide bonds. The Bertz CT molecular complexity index is 447. The van der Waals surface area contributed by atoms with Crippen LogP contribution in [0, 0.1) is 5.82 Å². The summed E-state index contributed by atoms with van der Waals surface area (Å²) in [5.74, 6) is -3.11. The Balaban J connectivity index is 2.95. The maximum absolute atomic E-state index is 13.3. The SMILES string of the molecule is COC(=O)[C@@H](N)c1ccc(OC(F)(F)F)c(F)c1. The molecule has 18 heavy (non-hydrogen) atoms. The summed E-state index contributed by atoms with van der Waals surface area (Å²) in [6.45, 7) is 0. The fourth-order valence-corrected chi connectivity index (χ4v) is 1.18. The molecule has 0 heterocycles. The predicted octanol–water partition coefficient (Wildman–Crippen LogP) is 1.90. The first kappa shape index (κ1) is 14.2. The molecular weight excluding hydrogens is 258 g/mol. The molecule has 0 unspecified atom stereocenters. The van der Waals surface area contributed by atoms with Crippen molar-refractivity contribution in [2.75, 3.05) is 7.11 Å². The van der Waals surface area contributed by atoms with Gasteiger partial charge in [0, 0.05) is 0 Å². The first-order chi connectivity index (χ1) is 8.24. The molecule has 0 aliphatic rings. The Morgan fingerprint density at radius 3 is 2.44 bits per heavy atom. The topological polar surface area (TPSA) is 61.5 Å². The lowest BCUT2D eigenvalue weighted by atomic mass is 10.1. The summed E-state index contributed by atoms with van der Waals surface area (Å²) in [5, 5.41) is 0. The molecule has 0 bridgehead atoms. The second kappa shape index (κ2) is 5.21. The van der Waals surface area contributed by atoms with Crippen LogP contribution in [0.25, 0.3) is 0 Å². The zero-order valence-corrected chi connectivity index (χ0v) is 9.12. The van der Waals surface area contributed by atoms with Gasteiger partial charge in [-0.05, 0) is 17.7 Å². The third-order valence-corrected chi connectivity index (χ3v) is 2.00. The zero-order valence-electron chi connectivity index (χ0n) is 9.12. The van der Waals surface area contributed by atoms with Crippen LogP contribution in [0.4, 0.5) is 17.6 Å². The smallest absolute Gasteiger partial charge is 0.468 e. The minimum absolute atomic E-state index is 0.0196. The predicted molar refractivity (Wildman–Crippen MR) is 52.0 cm³/mol. The van der Waals surface area contributed by atoms with Crippen molar-refractivity contribution in [2.45, 2.75) is 12.4 Å². The van der Waals surface area contributed by atoms with Crippen LogP contribution in [-0.4, -0.2) is 19.4 Å². The Kier molecular flexibility index (Phi) is 4.12. The number of ether oxygens (including phenoxy) is 2. The number of rotatable bonds is 3. The summed E-state index contributed by atoms with van der Waals surface area (Å²) < 4.78 is 56.6. The van der Waals surface area contributed by atoms with Gasteiger partial charge in [-0.3, -0.25) is 4.79 Å². The van der Waals surface area contributed by atoms with E-state index < -0.39 is 29.9 Å². The second-order valence-corrected chi connectivity index (χ2v) is 3.24. The summed E-state index contributed by atoms with van der Waals surface area (Å²) in [6.07, 6.45) is -4.99. The first-order valence-electron chi connectivity index (χ1n) is 4.63. The van der Waals surface area contributed by atoms with E-state index in [0.717, 1.165) is 19.2 Å². The molecule has 1 rings (SSSR count). The molecule has 1 aromatic carbocycles. The van der Waals surface area contributed by atoms with Crippen molar-refractivity contribution in [1.82, 2.24) is 0 Å². The van der Waals surface area contributed by atoms with Gasteiger partial charge in [0.05, 0.1) is 7.11 Å². The van der Waals surface area contributed by atoms with Crippen molar-refractivity contribution < 1.29 is 31.8 Å². The van der Waals surface area contributed by atoms with Gasteiger partial charge in [0.1, 0.15) is 6.04 Å². The summed E-state index contributed by atoms with van der Waals surface area (Å²) in [6, 6.07) is 1.19. The first-order valence-corrected chi connectivity index (χ1v) is 4.63. The van der Waals surface area contributed by atoms with Gasteiger partial charge < -0.3 is 15.2 Å². The average molecular weight is 267 g/mol. The number of halogens is 4. The number of benzene rings is 1. The molecule has 0 saturated heterocycles. The number of alkyl halides is 3. The third kappa shape index (κ3) is 3.59. The van der Waals surface area contributed by atoms with E-state index in [4.69, 9.17) is 5.73 Å². The largest absolute Gasteiger partial charge is 0.573 e. The van der Waals surface area contributed by atoms with Crippen LogP contribution < -0.4 is 10.5 Å². The van der Waals surface area contributed by atoms with Gasteiger partial charge in [-0.15, -0.1) is 13.2 Å². The minimum atomic E-state index is -4.99. The Morgan fingerprint density at radius 2 is 2.00 bits per heavy atom. The van der Waals surface area contributed by atoms with E-state index in [1.54, 1.807) is 0 Å². The molecule has 0 radical (unpaired) electrons. The minimum Gasteiger partial charge on any atom is -0.468 e. The Morgan fingerprint density at radius 1 is 1.39 bits per heavy atom. The van der Waals surface area contributed by atoms with Crippen molar-refractivity contribution in [3.63, 3.8) is 0 Å². The highest BCUT2D eigenvalue weighted by Crippen LogP contribution is 2.27. The number of nitrogens with two attached hydrogens (primary N) is 1. The molecule has 2 N–H and O–H groups in total. The highest BCUT2D eigenvalue weighted by Gasteiger charge is 2.32. The van der Waals surface area contributed by atoms with Crippen LogP contribution in [0.1, 0.15) is 11.6 Å². The molecule has 0 saturated carbocycles. The van der Waals surface area contributed by atoms with Crippen molar-refractivity contribution in [2.24, 2.45) is 5.73 Å². The van der Waals surface area contributed by atoms with E-state index in [2.05, 4.69) is 9.47 Å². The van der Waals surface area contributed by atoms with E-state index >= 15 is 0 Å². The van der Waals surface area contributed by atoms with Crippen molar-refractivity contribution >= 4 is 5.97 Å². The van der Waals surface area contributed by atoms with Gasteiger partial charge in [-0.2, -0.15) is 0 Å². The van der Waals surface area contributed by atoms with Crippen molar-refractivity contribution in [3.8, 4) is 5.75 Å². The maximum atomic E-state index is 13.3. The molecule has 0 aromatic heterocycles. The number of esters is 1. The van der Waals surface area contributed by atoms with Gasteiger partial charge in [0.15, 0.2) is 11.6 Å². The van der Waals surface area contributed by atoms with E-state index in [1.165, 1.54) is 0 Å². The highest BCUT2D eigenvalue weighted by molar-refractivity contribution is 5.77. The number of hydrogen-bond acceptors (Lipinski definition) is 4. The Hall–Kier alpha value is -1.83. The molecule has 0 aliphatic carbocycles. The lowest BCUT2D eigenvalue weighted by Crippen LogP contribution is -2.23. The quantitative estimate of drug-likeness (QED) is 0.671. The van der Waals surface area contributed by atoms with Crippen LogP contribution in [-0.2, 0) is 9.53 Å². The fraction of sp³-hybridized carbons (Fsp3) is 0.300. The van der Waals surface area contributed by atoms with E-state index in [1.807, 2.05) is 0 Å². The number of carbonyl (C=O) groups is 1. The van der Waals surface area contributed by atoms with Gasteiger partial charge in [-0.25, -0.2) is 4.39 Å². The van der Waals surface area contributed by atoms with E-state index in [0.29, 0.717) is 6.07 Å². The molecule has 8 heteroatoms. The van der Waals surface area contributed by atoms with E-state index in [-0.39, 0.29) is 5.56 Å². The van der Waals surface area contributed by atoms with Gasteiger partial charge >= 0.3 is 12.3 Å². The zero-order chi connectivity index (χ0) is 13.9. The fourth-order valence-electron chi connectivity index (χ4n) is 1.18. The van der Waals surface area contributed by atoms with Crippen molar-refractivity contribution in [3.05, 3.63) is 29.6 Å². The number of carbonyl (C=O) groups excluding carboxylic acids is 1. The van der Waals surface area contributed by atoms with Crippen LogP contribution in [0.3, 0.4) is 0 Å². The average Bonchev–Trinajstić information content (AvgIpc) is 2.28. The lowest BCUT2D eigenvalue weighted by Gasteiger charge is -2.13. The molecule has 0 aliphatic heterocycles. The molecule has 0 fully saturated rings. The van der Waals surface area contributed by atoms with Crippen LogP contribution in [0.2, 0.25) is 0 Å². The summed E-state index contributed by atoms with van der Waals surface area (Å²) in [7, 11) is 1.08. The van der Waals surface area contributed by atoms with Gasteiger partial charge in [0.25, 0.3) is 0 Å². The number of methoxy groups -OCH3 is 1. The summed E-state index contributed by atoms with van der Waals surface area (Å²) in [5.41, 5.74) is 5.37. The second-order valence-electron chi connectivity index (χ2n) is 3.24. The molecule has 1 aromatic rings. The number of hydrogen-bond donors (Lipinski definition) is 1. The maximum Gasteiger partial charge on any atom is 0.573 e. The van der Waals surface area contributed by atoms with Gasteiger partial charge in [-0.1, -0.05) is 6.07 Å². The summed E-state index contributed by atoms with van der Waals surface area (Å²) in [4.78, 5) is 11.1. The molecule has 0 spiro atoms. The molecular formula is C10H9F4NO3. The standard InChI is InChI=1S/C10H9F4NO3/c1-17-9(16)8(15)5-2-3-7(6(11)4-5)18-10(12,13)14/h2-4,8H,15H2,1H3/t8-/m0/s1.